The highest BCUT2D eigenvalue weighted by atomic mass is 15.3. The Hall–Kier alpha value is -3.90. The molecule has 1 fully saturated rings. The Morgan fingerprint density at radius 3 is 1.89 bits per heavy atom. The molecule has 2 heterocycles. The fraction of sp³-hybridized carbons (Fsp3) is 0.241. The summed E-state index contributed by atoms with van der Waals surface area (Å²) < 4.78 is 0. The van der Waals surface area contributed by atoms with Gasteiger partial charge in [-0.3, -0.25) is 4.90 Å². The number of hydrogen-bond acceptors (Lipinski definition) is 6. The van der Waals surface area contributed by atoms with Crippen LogP contribution < -0.4 is 15.5 Å². The van der Waals surface area contributed by atoms with Gasteiger partial charge in [-0.05, 0) is 16.7 Å². The molecule has 178 valence electrons. The van der Waals surface area contributed by atoms with Crippen molar-refractivity contribution in [1.82, 2.24) is 14.9 Å². The third-order valence-electron chi connectivity index (χ3n) is 6.68. The van der Waals surface area contributed by atoms with E-state index in [1.165, 1.54) is 16.7 Å². The van der Waals surface area contributed by atoms with Crippen LogP contribution in [0.3, 0.4) is 0 Å². The van der Waals surface area contributed by atoms with E-state index in [9.17, 15) is 0 Å². The predicted octanol–water partition coefficient (Wildman–Crippen LogP) is 4.61. The zero-order chi connectivity index (χ0) is 24.0. The monoisotopic (exact) mass is 464 g/mol. The maximum absolute atomic E-state index is 6.62. The predicted molar refractivity (Wildman–Crippen MR) is 144 cm³/mol. The molecule has 4 aromatic rings. The first-order chi connectivity index (χ1) is 17.2. The van der Waals surface area contributed by atoms with E-state index >= 15 is 0 Å². The zero-order valence-electron chi connectivity index (χ0n) is 20.2. The van der Waals surface area contributed by atoms with Gasteiger partial charge >= 0.3 is 0 Å². The van der Waals surface area contributed by atoms with Crippen molar-refractivity contribution in [2.24, 2.45) is 0 Å². The van der Waals surface area contributed by atoms with Crippen LogP contribution in [0.4, 0.5) is 17.3 Å². The Morgan fingerprint density at radius 1 is 0.771 bits per heavy atom. The van der Waals surface area contributed by atoms with Crippen LogP contribution in [0, 0.1) is 0 Å². The summed E-state index contributed by atoms with van der Waals surface area (Å²) >= 11 is 0. The SMILES string of the molecule is CN(Cc1ccccc1)c1ncnc(N2CCN(C(c3ccccc3)c3ccccc3)CC2)c1N. The molecular weight excluding hydrogens is 432 g/mol. The van der Waals surface area contributed by atoms with Gasteiger partial charge < -0.3 is 15.5 Å². The molecule has 6 nitrogen and oxygen atoms in total. The fourth-order valence-electron chi connectivity index (χ4n) is 4.94. The number of rotatable bonds is 7. The van der Waals surface area contributed by atoms with Gasteiger partial charge in [-0.25, -0.2) is 9.97 Å². The largest absolute Gasteiger partial charge is 0.393 e. The maximum atomic E-state index is 6.62. The zero-order valence-corrected chi connectivity index (χ0v) is 20.2. The number of nitrogen functional groups attached to an aromatic ring is 1. The highest BCUT2D eigenvalue weighted by Crippen LogP contribution is 2.33. The van der Waals surface area contributed by atoms with Gasteiger partial charge in [0.1, 0.15) is 12.0 Å². The third-order valence-corrected chi connectivity index (χ3v) is 6.68. The molecule has 5 rings (SSSR count). The molecule has 0 unspecified atom stereocenters. The Labute approximate surface area is 207 Å². The van der Waals surface area contributed by atoms with E-state index in [2.05, 4.69) is 110 Å². The highest BCUT2D eigenvalue weighted by Gasteiger charge is 2.28. The lowest BCUT2D eigenvalue weighted by atomic mass is 9.96. The van der Waals surface area contributed by atoms with Crippen LogP contribution in [0.15, 0.2) is 97.3 Å². The van der Waals surface area contributed by atoms with Crippen LogP contribution in [0.2, 0.25) is 0 Å². The van der Waals surface area contributed by atoms with Crippen molar-refractivity contribution in [3.63, 3.8) is 0 Å². The van der Waals surface area contributed by atoms with Gasteiger partial charge in [-0.1, -0.05) is 91.0 Å². The Bertz CT molecular complexity index is 1170. The summed E-state index contributed by atoms with van der Waals surface area (Å²) in [6.07, 6.45) is 1.63. The second kappa shape index (κ2) is 10.6. The molecule has 2 N–H and O–H groups in total. The van der Waals surface area contributed by atoms with Crippen LogP contribution >= 0.6 is 0 Å². The van der Waals surface area contributed by atoms with Crippen molar-refractivity contribution >= 4 is 17.3 Å². The topological polar surface area (TPSA) is 61.5 Å². The number of benzene rings is 3. The molecule has 0 spiro atoms. The molecule has 0 amide bonds. The maximum Gasteiger partial charge on any atom is 0.157 e. The van der Waals surface area contributed by atoms with E-state index in [0.29, 0.717) is 5.69 Å². The number of anilines is 3. The number of nitrogens with zero attached hydrogens (tertiary/aromatic N) is 5. The molecule has 0 aliphatic carbocycles. The first-order valence-corrected chi connectivity index (χ1v) is 12.1. The average Bonchev–Trinajstić information content (AvgIpc) is 2.91. The number of piperazine rings is 1. The van der Waals surface area contributed by atoms with Crippen LogP contribution in [0.1, 0.15) is 22.7 Å². The lowest BCUT2D eigenvalue weighted by Crippen LogP contribution is -2.48. The molecule has 1 saturated heterocycles. The molecule has 0 radical (unpaired) electrons. The van der Waals surface area contributed by atoms with Crippen molar-refractivity contribution in [3.05, 3.63) is 114 Å². The molecule has 1 aromatic heterocycles. The summed E-state index contributed by atoms with van der Waals surface area (Å²) in [6, 6.07) is 32.1. The Kier molecular flexibility index (Phi) is 6.91. The second-order valence-corrected chi connectivity index (χ2v) is 9.02. The summed E-state index contributed by atoms with van der Waals surface area (Å²) in [6.45, 7) is 4.31. The van der Waals surface area contributed by atoms with Crippen LogP contribution in [0.25, 0.3) is 0 Å². The first kappa shape index (κ1) is 22.9. The van der Waals surface area contributed by atoms with Crippen LogP contribution in [-0.4, -0.2) is 48.1 Å². The van der Waals surface area contributed by atoms with Gasteiger partial charge in [0.25, 0.3) is 0 Å². The Morgan fingerprint density at radius 2 is 1.31 bits per heavy atom. The molecule has 1 aliphatic heterocycles. The lowest BCUT2D eigenvalue weighted by Gasteiger charge is -2.40. The normalized spacial score (nSPS) is 14.3. The van der Waals surface area contributed by atoms with Crippen molar-refractivity contribution in [3.8, 4) is 0 Å². The summed E-state index contributed by atoms with van der Waals surface area (Å²) in [4.78, 5) is 16.0. The minimum absolute atomic E-state index is 0.231. The van der Waals surface area contributed by atoms with Gasteiger partial charge in [-0.2, -0.15) is 0 Å². The fourth-order valence-corrected chi connectivity index (χ4v) is 4.94. The van der Waals surface area contributed by atoms with Crippen molar-refractivity contribution < 1.29 is 0 Å². The quantitative estimate of drug-likeness (QED) is 0.431. The lowest BCUT2D eigenvalue weighted by molar-refractivity contribution is 0.212. The van der Waals surface area contributed by atoms with Crippen LogP contribution in [-0.2, 0) is 6.54 Å². The molecule has 0 atom stereocenters. The van der Waals surface area contributed by atoms with Gasteiger partial charge in [0, 0.05) is 39.8 Å². The minimum atomic E-state index is 0.231. The van der Waals surface area contributed by atoms with Crippen molar-refractivity contribution in [2.75, 3.05) is 48.8 Å². The molecule has 6 heteroatoms. The molecular formula is C29H32N6. The minimum Gasteiger partial charge on any atom is -0.393 e. The molecule has 35 heavy (non-hydrogen) atoms. The van der Waals surface area contributed by atoms with Crippen molar-refractivity contribution in [1.29, 1.82) is 0 Å². The van der Waals surface area contributed by atoms with E-state index in [1.54, 1.807) is 6.33 Å². The Balaban J connectivity index is 1.32. The highest BCUT2D eigenvalue weighted by molar-refractivity contribution is 5.75. The standard InChI is InChI=1S/C29H32N6/c1-33(21-23-11-5-2-6-12-23)28-26(30)29(32-22-31-28)35-19-17-34(18-20-35)27(24-13-7-3-8-14-24)25-15-9-4-10-16-25/h2-16,22,27H,17-21,30H2,1H3. The number of nitrogens with two attached hydrogens (primary N) is 1. The second-order valence-electron chi connectivity index (χ2n) is 9.02. The van der Waals surface area contributed by atoms with E-state index < -0.39 is 0 Å². The van der Waals surface area contributed by atoms with Crippen molar-refractivity contribution in [2.45, 2.75) is 12.6 Å². The third kappa shape index (κ3) is 5.12. The number of aromatic nitrogens is 2. The smallest absolute Gasteiger partial charge is 0.157 e. The molecule has 0 bridgehead atoms. The summed E-state index contributed by atoms with van der Waals surface area (Å²) in [5.41, 5.74) is 11.1. The van der Waals surface area contributed by atoms with Gasteiger partial charge in [0.05, 0.1) is 6.04 Å². The van der Waals surface area contributed by atoms with Crippen LogP contribution in [0.5, 0.6) is 0 Å². The first-order valence-electron chi connectivity index (χ1n) is 12.1. The van der Waals surface area contributed by atoms with Gasteiger partial charge in [0.2, 0.25) is 0 Å². The van der Waals surface area contributed by atoms with Gasteiger partial charge in [0.15, 0.2) is 11.6 Å². The van der Waals surface area contributed by atoms with E-state index in [0.717, 1.165) is 44.4 Å². The summed E-state index contributed by atoms with van der Waals surface area (Å²) in [7, 11) is 2.03. The summed E-state index contributed by atoms with van der Waals surface area (Å²) in [5.74, 6) is 1.60. The molecule has 0 saturated carbocycles. The van der Waals surface area contributed by atoms with E-state index in [1.807, 2.05) is 13.1 Å². The molecule has 3 aromatic carbocycles. The van der Waals surface area contributed by atoms with E-state index in [4.69, 9.17) is 5.73 Å². The molecule has 1 aliphatic rings. The number of hydrogen-bond donors (Lipinski definition) is 1. The average molecular weight is 465 g/mol. The van der Waals surface area contributed by atoms with E-state index in [-0.39, 0.29) is 6.04 Å². The van der Waals surface area contributed by atoms with Gasteiger partial charge in [-0.15, -0.1) is 0 Å². The summed E-state index contributed by atoms with van der Waals surface area (Å²) in [5, 5.41) is 0.